The first-order valence-electron chi connectivity index (χ1n) is 9.88. The quantitative estimate of drug-likeness (QED) is 0.404. The summed E-state index contributed by atoms with van der Waals surface area (Å²) < 4.78 is 26.1. The van der Waals surface area contributed by atoms with Crippen molar-refractivity contribution in [3.05, 3.63) is 61.0 Å². The predicted molar refractivity (Wildman–Crippen MR) is 139 cm³/mol. The van der Waals surface area contributed by atoms with Crippen molar-refractivity contribution in [1.29, 1.82) is 0 Å². The molecule has 13 heteroatoms. The molecular formula is C21H22Cl5N3O4S. The highest BCUT2D eigenvalue weighted by Gasteiger charge is 2.33. The lowest BCUT2D eigenvalue weighted by Crippen LogP contribution is -2.51. The molecule has 0 aliphatic carbocycles. The summed E-state index contributed by atoms with van der Waals surface area (Å²) in [6, 6.07) is 6.47. The van der Waals surface area contributed by atoms with Crippen LogP contribution in [0.4, 0.5) is 5.69 Å². The van der Waals surface area contributed by atoms with E-state index in [-0.39, 0.29) is 33.7 Å². The molecule has 0 aliphatic heterocycles. The summed E-state index contributed by atoms with van der Waals surface area (Å²) >= 11 is 30.8. The molecule has 0 aliphatic rings. The van der Waals surface area contributed by atoms with Crippen LogP contribution in [0, 0.1) is 0 Å². The van der Waals surface area contributed by atoms with E-state index in [4.69, 9.17) is 58.0 Å². The van der Waals surface area contributed by atoms with E-state index in [1.807, 2.05) is 0 Å². The van der Waals surface area contributed by atoms with E-state index in [1.54, 1.807) is 25.1 Å². The average molecular weight is 590 g/mol. The fourth-order valence-corrected chi connectivity index (χ4v) is 5.30. The Labute approximate surface area is 223 Å². The van der Waals surface area contributed by atoms with E-state index in [9.17, 15) is 18.0 Å². The second-order valence-corrected chi connectivity index (χ2v) is 11.2. The largest absolute Gasteiger partial charge is 0.357 e. The van der Waals surface area contributed by atoms with Gasteiger partial charge >= 0.3 is 0 Å². The zero-order valence-corrected chi connectivity index (χ0v) is 23.0. The van der Waals surface area contributed by atoms with Gasteiger partial charge in [0.1, 0.15) is 12.6 Å². The molecule has 1 N–H and O–H groups in total. The van der Waals surface area contributed by atoms with Crippen LogP contribution >= 0.6 is 58.0 Å². The zero-order valence-electron chi connectivity index (χ0n) is 18.4. The van der Waals surface area contributed by atoms with Crippen LogP contribution in [0.5, 0.6) is 0 Å². The Kier molecular flexibility index (Phi) is 10.2. The van der Waals surface area contributed by atoms with E-state index in [0.717, 1.165) is 10.6 Å². The van der Waals surface area contributed by atoms with E-state index in [0.29, 0.717) is 15.6 Å². The zero-order chi connectivity index (χ0) is 25.8. The molecule has 2 aromatic carbocycles. The van der Waals surface area contributed by atoms with Crippen molar-refractivity contribution in [1.82, 2.24) is 10.2 Å². The Morgan fingerprint density at radius 2 is 1.53 bits per heavy atom. The van der Waals surface area contributed by atoms with E-state index in [1.165, 1.54) is 24.1 Å². The van der Waals surface area contributed by atoms with Gasteiger partial charge in [0.05, 0.1) is 27.0 Å². The summed E-state index contributed by atoms with van der Waals surface area (Å²) in [7, 11) is -2.56. The van der Waals surface area contributed by atoms with E-state index >= 15 is 0 Å². The molecule has 0 spiro atoms. The molecule has 186 valence electrons. The molecule has 0 fully saturated rings. The fourth-order valence-electron chi connectivity index (χ4n) is 3.24. The maximum Gasteiger partial charge on any atom is 0.244 e. The number of nitrogens with one attached hydrogen (secondary N) is 1. The van der Waals surface area contributed by atoms with Crippen molar-refractivity contribution in [2.75, 3.05) is 24.2 Å². The molecular weight excluding hydrogens is 568 g/mol. The van der Waals surface area contributed by atoms with Gasteiger partial charge in [0, 0.05) is 29.2 Å². The van der Waals surface area contributed by atoms with Gasteiger partial charge in [-0.1, -0.05) is 71.0 Å². The topological polar surface area (TPSA) is 86.8 Å². The summed E-state index contributed by atoms with van der Waals surface area (Å²) in [6.07, 6.45) is 1.17. The minimum absolute atomic E-state index is 0.0216. The Balaban J connectivity index is 2.56. The minimum Gasteiger partial charge on any atom is -0.357 e. The van der Waals surface area contributed by atoms with Crippen LogP contribution in [-0.2, 0) is 26.2 Å². The Morgan fingerprint density at radius 3 is 2.03 bits per heavy atom. The second-order valence-electron chi connectivity index (χ2n) is 7.25. The number of carbonyl (C=O) groups is 2. The smallest absolute Gasteiger partial charge is 0.244 e. The molecule has 0 saturated carbocycles. The molecule has 0 heterocycles. The number of likely N-dealkylation sites (N-methyl/N-ethyl adjacent to an activating group) is 1. The molecule has 2 amide bonds. The van der Waals surface area contributed by atoms with Crippen molar-refractivity contribution >= 4 is 85.5 Å². The fraction of sp³-hybridized carbons (Fsp3) is 0.333. The van der Waals surface area contributed by atoms with Crippen molar-refractivity contribution in [2.24, 2.45) is 0 Å². The van der Waals surface area contributed by atoms with Gasteiger partial charge in [-0.05, 0) is 30.7 Å². The number of carbonyl (C=O) groups excluding carboxylic acids is 2. The average Bonchev–Trinajstić information content (AvgIpc) is 2.75. The summed E-state index contributed by atoms with van der Waals surface area (Å²) in [5.41, 5.74) is 0.385. The Hall–Kier alpha value is -1.42. The summed E-state index contributed by atoms with van der Waals surface area (Å²) in [5, 5.41) is 3.27. The van der Waals surface area contributed by atoms with Crippen molar-refractivity contribution in [2.45, 2.75) is 25.9 Å². The van der Waals surface area contributed by atoms with Gasteiger partial charge in [-0.15, -0.1) is 0 Å². The monoisotopic (exact) mass is 587 g/mol. The molecule has 2 rings (SSSR count). The second kappa shape index (κ2) is 12.0. The molecule has 2 aromatic rings. The molecule has 0 radical (unpaired) electrons. The lowest BCUT2D eigenvalue weighted by molar-refractivity contribution is -0.140. The van der Waals surface area contributed by atoms with Crippen molar-refractivity contribution in [3.8, 4) is 0 Å². The van der Waals surface area contributed by atoms with E-state index in [2.05, 4.69) is 5.32 Å². The first-order valence-corrected chi connectivity index (χ1v) is 13.6. The molecule has 0 unspecified atom stereocenters. The maximum atomic E-state index is 13.5. The van der Waals surface area contributed by atoms with E-state index < -0.39 is 34.4 Å². The number of anilines is 1. The van der Waals surface area contributed by atoms with Crippen LogP contribution in [0.3, 0.4) is 0 Å². The van der Waals surface area contributed by atoms with Crippen LogP contribution in [0.2, 0.25) is 25.1 Å². The number of benzene rings is 2. The number of rotatable bonds is 9. The van der Waals surface area contributed by atoms with Crippen LogP contribution < -0.4 is 9.62 Å². The van der Waals surface area contributed by atoms with Crippen LogP contribution in [0.1, 0.15) is 18.9 Å². The third-order valence-corrected chi connectivity index (χ3v) is 7.82. The van der Waals surface area contributed by atoms with Gasteiger partial charge in [-0.2, -0.15) is 0 Å². The van der Waals surface area contributed by atoms with Crippen molar-refractivity contribution in [3.63, 3.8) is 0 Å². The lowest BCUT2D eigenvalue weighted by atomic mass is 10.1. The molecule has 7 nitrogen and oxygen atoms in total. The number of nitrogens with zero attached hydrogens (tertiary/aromatic N) is 2. The molecule has 0 bridgehead atoms. The van der Waals surface area contributed by atoms with Gasteiger partial charge < -0.3 is 10.2 Å². The van der Waals surface area contributed by atoms with Crippen LogP contribution in [0.15, 0.2) is 30.3 Å². The third-order valence-electron chi connectivity index (χ3n) is 4.96. The highest BCUT2D eigenvalue weighted by Crippen LogP contribution is 2.36. The molecule has 34 heavy (non-hydrogen) atoms. The van der Waals surface area contributed by atoms with Gasteiger partial charge in [-0.3, -0.25) is 13.9 Å². The van der Waals surface area contributed by atoms with Crippen LogP contribution in [-0.4, -0.2) is 51.0 Å². The number of halogens is 5. The standard InChI is InChI=1S/C21H22Cl5N3O4S/c1-4-18(21(31)27-2)28(10-12-13(22)6-5-7-14(12)23)20(30)11-29(34(3,32)33)19-9-16(25)15(24)8-17(19)26/h5-9,18H,4,10-11H2,1-3H3,(H,27,31)/t18-/m1/s1. The highest BCUT2D eigenvalue weighted by molar-refractivity contribution is 7.92. The molecule has 0 aromatic heterocycles. The maximum absolute atomic E-state index is 13.5. The normalized spacial score (nSPS) is 12.2. The van der Waals surface area contributed by atoms with Crippen LogP contribution in [0.25, 0.3) is 0 Å². The molecule has 1 atom stereocenters. The minimum atomic E-state index is -4.00. The number of hydrogen-bond acceptors (Lipinski definition) is 4. The molecule has 0 saturated heterocycles. The predicted octanol–water partition coefficient (Wildman–Crippen LogP) is 5.27. The van der Waals surface area contributed by atoms with Gasteiger partial charge in [-0.25, -0.2) is 8.42 Å². The van der Waals surface area contributed by atoms with Crippen molar-refractivity contribution < 1.29 is 18.0 Å². The third kappa shape index (κ3) is 6.83. The Morgan fingerprint density at radius 1 is 0.971 bits per heavy atom. The van der Waals surface area contributed by atoms with Gasteiger partial charge in [0.25, 0.3) is 0 Å². The summed E-state index contributed by atoms with van der Waals surface area (Å²) in [5.74, 6) is -1.11. The number of hydrogen-bond donors (Lipinski definition) is 1. The summed E-state index contributed by atoms with van der Waals surface area (Å²) in [6.45, 7) is 0.931. The first-order chi connectivity index (χ1) is 15.8. The lowest BCUT2D eigenvalue weighted by Gasteiger charge is -2.33. The number of amides is 2. The van der Waals surface area contributed by atoms with Gasteiger partial charge in [0.2, 0.25) is 21.8 Å². The van der Waals surface area contributed by atoms with Gasteiger partial charge in [0.15, 0.2) is 0 Å². The number of sulfonamides is 1. The first kappa shape index (κ1) is 28.8. The summed E-state index contributed by atoms with van der Waals surface area (Å²) in [4.78, 5) is 27.3. The SMILES string of the molecule is CC[C@H](C(=O)NC)N(Cc1c(Cl)cccc1Cl)C(=O)CN(c1cc(Cl)c(Cl)cc1Cl)S(C)(=O)=O. The highest BCUT2D eigenvalue weighted by atomic mass is 35.5. The Bertz CT molecular complexity index is 1170.